The summed E-state index contributed by atoms with van der Waals surface area (Å²) in [6, 6.07) is 15.8. The molecule has 1 heterocycles. The summed E-state index contributed by atoms with van der Waals surface area (Å²) in [5, 5.41) is 23.4. The summed E-state index contributed by atoms with van der Waals surface area (Å²) in [5.41, 5.74) is 2.85. The SMILES string of the molecule is COc1ccc(-c2ccnc(Nc3cccc(NC(=O)O)c3)n2)cc1C#N. The van der Waals surface area contributed by atoms with Crippen molar-refractivity contribution in [2.45, 2.75) is 0 Å². The van der Waals surface area contributed by atoms with E-state index in [-0.39, 0.29) is 0 Å². The van der Waals surface area contributed by atoms with Gasteiger partial charge in [0.2, 0.25) is 5.95 Å². The number of ether oxygens (including phenoxy) is 1. The van der Waals surface area contributed by atoms with E-state index in [0.717, 1.165) is 5.56 Å². The standard InChI is InChI=1S/C19H15N5O3/c1-27-17-6-5-12(9-13(17)11-20)16-7-8-21-18(24-16)22-14-3-2-4-15(10-14)23-19(25)26/h2-10,23H,1H3,(H,25,26)(H,21,22,24). The van der Waals surface area contributed by atoms with Crippen molar-refractivity contribution < 1.29 is 14.6 Å². The fourth-order valence-corrected chi connectivity index (χ4v) is 2.46. The lowest BCUT2D eigenvalue weighted by atomic mass is 10.1. The first kappa shape index (κ1) is 17.7. The third-order valence-electron chi connectivity index (χ3n) is 3.64. The topological polar surface area (TPSA) is 120 Å². The van der Waals surface area contributed by atoms with Crippen LogP contribution in [0.15, 0.2) is 54.7 Å². The van der Waals surface area contributed by atoms with E-state index in [1.165, 1.54) is 7.11 Å². The number of nitrogens with one attached hydrogen (secondary N) is 2. The van der Waals surface area contributed by atoms with Gasteiger partial charge >= 0.3 is 6.09 Å². The van der Waals surface area contributed by atoms with Crippen molar-refractivity contribution in [3.05, 3.63) is 60.3 Å². The second kappa shape index (κ2) is 7.84. The van der Waals surface area contributed by atoms with Gasteiger partial charge in [-0.2, -0.15) is 5.26 Å². The number of nitriles is 1. The van der Waals surface area contributed by atoms with Crippen LogP contribution in [0.1, 0.15) is 5.56 Å². The summed E-state index contributed by atoms with van der Waals surface area (Å²) in [6.45, 7) is 0. The third-order valence-corrected chi connectivity index (χ3v) is 3.64. The lowest BCUT2D eigenvalue weighted by Gasteiger charge is -2.09. The molecule has 27 heavy (non-hydrogen) atoms. The van der Waals surface area contributed by atoms with Crippen LogP contribution in [0.5, 0.6) is 5.75 Å². The minimum Gasteiger partial charge on any atom is -0.495 e. The molecule has 0 bridgehead atoms. The summed E-state index contributed by atoms with van der Waals surface area (Å²) < 4.78 is 5.15. The molecular formula is C19H15N5O3. The molecule has 0 fully saturated rings. The molecule has 3 rings (SSSR count). The number of nitrogens with zero attached hydrogens (tertiary/aromatic N) is 3. The second-order valence-corrected chi connectivity index (χ2v) is 5.43. The molecule has 0 aliphatic carbocycles. The number of anilines is 3. The number of hydrogen-bond donors (Lipinski definition) is 3. The lowest BCUT2D eigenvalue weighted by molar-refractivity contribution is 0.210. The highest BCUT2D eigenvalue weighted by molar-refractivity contribution is 5.83. The predicted molar refractivity (Wildman–Crippen MR) is 100 cm³/mol. The fourth-order valence-electron chi connectivity index (χ4n) is 2.46. The third kappa shape index (κ3) is 4.29. The normalized spacial score (nSPS) is 9.93. The average molecular weight is 361 g/mol. The van der Waals surface area contributed by atoms with Crippen LogP contribution < -0.4 is 15.4 Å². The van der Waals surface area contributed by atoms with Crippen LogP contribution in [0, 0.1) is 11.3 Å². The van der Waals surface area contributed by atoms with E-state index in [9.17, 15) is 10.1 Å². The lowest BCUT2D eigenvalue weighted by Crippen LogP contribution is -2.07. The zero-order chi connectivity index (χ0) is 19.2. The van der Waals surface area contributed by atoms with Crippen molar-refractivity contribution in [2.75, 3.05) is 17.7 Å². The molecule has 1 amide bonds. The molecule has 0 unspecified atom stereocenters. The summed E-state index contributed by atoms with van der Waals surface area (Å²) >= 11 is 0. The van der Waals surface area contributed by atoms with E-state index in [1.54, 1.807) is 48.7 Å². The monoisotopic (exact) mass is 361 g/mol. The molecule has 8 nitrogen and oxygen atoms in total. The van der Waals surface area contributed by atoms with Gasteiger partial charge in [0.25, 0.3) is 0 Å². The van der Waals surface area contributed by atoms with E-state index in [4.69, 9.17) is 9.84 Å². The maximum atomic E-state index is 10.7. The minimum absolute atomic E-state index is 0.342. The maximum absolute atomic E-state index is 10.7. The van der Waals surface area contributed by atoms with Crippen molar-refractivity contribution >= 4 is 23.4 Å². The van der Waals surface area contributed by atoms with Gasteiger partial charge in [-0.25, -0.2) is 14.8 Å². The number of aromatic nitrogens is 2. The van der Waals surface area contributed by atoms with Crippen LogP contribution in [-0.2, 0) is 0 Å². The van der Waals surface area contributed by atoms with Crippen LogP contribution >= 0.6 is 0 Å². The summed E-state index contributed by atoms with van der Waals surface area (Å²) in [4.78, 5) is 19.4. The first-order valence-electron chi connectivity index (χ1n) is 7.87. The first-order chi connectivity index (χ1) is 13.1. The molecule has 0 saturated heterocycles. The summed E-state index contributed by atoms with van der Waals surface area (Å²) in [7, 11) is 1.51. The Hall–Kier alpha value is -4.12. The number of amides is 1. The minimum atomic E-state index is -1.14. The van der Waals surface area contributed by atoms with Crippen LogP contribution in [0.3, 0.4) is 0 Å². The highest BCUT2D eigenvalue weighted by Gasteiger charge is 2.08. The quantitative estimate of drug-likeness (QED) is 0.631. The molecule has 0 aliphatic heterocycles. The Bertz CT molecular complexity index is 1030. The van der Waals surface area contributed by atoms with E-state index in [1.807, 2.05) is 6.07 Å². The number of carbonyl (C=O) groups is 1. The van der Waals surface area contributed by atoms with Gasteiger partial charge < -0.3 is 15.2 Å². The molecule has 2 aromatic carbocycles. The van der Waals surface area contributed by atoms with Gasteiger partial charge in [0.05, 0.1) is 18.4 Å². The zero-order valence-corrected chi connectivity index (χ0v) is 14.3. The Kier molecular flexibility index (Phi) is 5.14. The molecule has 0 saturated carbocycles. The van der Waals surface area contributed by atoms with Crippen LogP contribution in [0.4, 0.5) is 22.1 Å². The molecule has 0 radical (unpaired) electrons. The Morgan fingerprint density at radius 2 is 2.00 bits per heavy atom. The molecule has 0 spiro atoms. The van der Waals surface area contributed by atoms with Crippen molar-refractivity contribution in [3.8, 4) is 23.1 Å². The molecule has 134 valence electrons. The fraction of sp³-hybridized carbons (Fsp3) is 0.0526. The van der Waals surface area contributed by atoms with Gasteiger partial charge in [0, 0.05) is 23.1 Å². The van der Waals surface area contributed by atoms with Gasteiger partial charge in [-0.1, -0.05) is 6.07 Å². The number of benzene rings is 2. The Morgan fingerprint density at radius 3 is 2.74 bits per heavy atom. The molecule has 0 aliphatic rings. The zero-order valence-electron chi connectivity index (χ0n) is 14.3. The Labute approximate surface area is 155 Å². The second-order valence-electron chi connectivity index (χ2n) is 5.43. The molecule has 3 N–H and O–H groups in total. The number of methoxy groups -OCH3 is 1. The molecule has 0 atom stereocenters. The van der Waals surface area contributed by atoms with E-state index >= 15 is 0 Å². The summed E-state index contributed by atoms with van der Waals surface area (Å²) in [6.07, 6.45) is 0.457. The number of carboxylic acid groups (broad SMARTS) is 1. The highest BCUT2D eigenvalue weighted by atomic mass is 16.5. The average Bonchev–Trinajstić information content (AvgIpc) is 2.67. The summed E-state index contributed by atoms with van der Waals surface area (Å²) in [5.74, 6) is 0.839. The van der Waals surface area contributed by atoms with Crippen LogP contribution in [0.25, 0.3) is 11.3 Å². The number of hydrogen-bond acceptors (Lipinski definition) is 6. The Balaban J connectivity index is 1.86. The van der Waals surface area contributed by atoms with Gasteiger partial charge in [-0.05, 0) is 42.5 Å². The van der Waals surface area contributed by atoms with Crippen molar-refractivity contribution in [1.29, 1.82) is 5.26 Å². The molecule has 3 aromatic rings. The molecule has 8 heteroatoms. The largest absolute Gasteiger partial charge is 0.495 e. The van der Waals surface area contributed by atoms with E-state index < -0.39 is 6.09 Å². The van der Waals surface area contributed by atoms with Crippen LogP contribution in [-0.4, -0.2) is 28.3 Å². The smallest absolute Gasteiger partial charge is 0.409 e. The maximum Gasteiger partial charge on any atom is 0.409 e. The first-order valence-corrected chi connectivity index (χ1v) is 7.87. The molecular weight excluding hydrogens is 346 g/mol. The predicted octanol–water partition coefficient (Wildman–Crippen LogP) is 3.86. The van der Waals surface area contributed by atoms with Crippen molar-refractivity contribution in [3.63, 3.8) is 0 Å². The van der Waals surface area contributed by atoms with E-state index in [2.05, 4.69) is 26.7 Å². The van der Waals surface area contributed by atoms with Crippen molar-refractivity contribution in [2.24, 2.45) is 0 Å². The Morgan fingerprint density at radius 1 is 1.19 bits per heavy atom. The van der Waals surface area contributed by atoms with Crippen LogP contribution in [0.2, 0.25) is 0 Å². The van der Waals surface area contributed by atoms with Gasteiger partial charge in [-0.3, -0.25) is 5.32 Å². The number of rotatable bonds is 5. The highest BCUT2D eigenvalue weighted by Crippen LogP contribution is 2.26. The molecule has 1 aromatic heterocycles. The van der Waals surface area contributed by atoms with Gasteiger partial charge in [0.1, 0.15) is 11.8 Å². The van der Waals surface area contributed by atoms with E-state index in [0.29, 0.717) is 34.3 Å². The van der Waals surface area contributed by atoms with Gasteiger partial charge in [-0.15, -0.1) is 0 Å². The van der Waals surface area contributed by atoms with Crippen molar-refractivity contribution in [1.82, 2.24) is 9.97 Å². The van der Waals surface area contributed by atoms with Gasteiger partial charge in [0.15, 0.2) is 0 Å².